The number of methoxy groups -OCH3 is 1. The second-order valence-corrected chi connectivity index (χ2v) is 11.2. The number of benzene rings is 2. The molecule has 1 aliphatic carbocycles. The van der Waals surface area contributed by atoms with E-state index >= 15 is 0 Å². The predicted molar refractivity (Wildman–Crippen MR) is 157 cm³/mol. The Labute approximate surface area is 229 Å². The fraction of sp³-hybridized carbons (Fsp3) is 0.344. The highest BCUT2D eigenvalue weighted by Crippen LogP contribution is 2.41. The number of rotatable bonds is 6. The van der Waals surface area contributed by atoms with E-state index in [1.165, 1.54) is 5.69 Å². The van der Waals surface area contributed by atoms with Crippen molar-refractivity contribution in [2.75, 3.05) is 39.2 Å². The molecule has 2 aliphatic rings. The van der Waals surface area contributed by atoms with Gasteiger partial charge in [0.05, 0.1) is 23.6 Å². The summed E-state index contributed by atoms with van der Waals surface area (Å²) in [7, 11) is 5.99. The molecule has 3 heterocycles. The van der Waals surface area contributed by atoms with Crippen LogP contribution in [0.1, 0.15) is 42.4 Å². The lowest BCUT2D eigenvalue weighted by Gasteiger charge is -2.36. The number of allylic oxidation sites excluding steroid dienone is 3. The molecule has 1 N–H and O–H groups in total. The average molecular weight is 522 g/mol. The number of aromatic nitrogens is 3. The fourth-order valence-electron chi connectivity index (χ4n) is 5.97. The molecule has 0 saturated carbocycles. The Kier molecular flexibility index (Phi) is 6.47. The van der Waals surface area contributed by atoms with Gasteiger partial charge in [0.15, 0.2) is 5.82 Å². The standard InChI is InChI=1S/C32H35N5O2/c1-32(14-11-29(39-4)25(18-32)26-20-33-19-21-7-5-6-8-24(21)26)30(38)31-34-27-10-9-23(17-28(27)35-31)37-15-12-22(13-16-37)36(2)3/h5-11,17-20,22H,12-16H2,1-4H3,(H,34,35). The van der Waals surface area contributed by atoms with Crippen LogP contribution in [0.25, 0.3) is 27.4 Å². The quantitative estimate of drug-likeness (QED) is 0.321. The first kappa shape index (κ1) is 25.3. The van der Waals surface area contributed by atoms with Gasteiger partial charge in [0, 0.05) is 53.7 Å². The predicted octanol–water partition coefficient (Wildman–Crippen LogP) is 5.85. The third kappa shape index (κ3) is 4.61. The Morgan fingerprint density at radius 1 is 1.13 bits per heavy atom. The van der Waals surface area contributed by atoms with Crippen molar-refractivity contribution in [3.8, 4) is 0 Å². The molecule has 200 valence electrons. The smallest absolute Gasteiger partial charge is 0.208 e. The second kappa shape index (κ2) is 9.97. The third-order valence-corrected chi connectivity index (χ3v) is 8.38. The molecule has 7 nitrogen and oxygen atoms in total. The number of ketones is 1. The summed E-state index contributed by atoms with van der Waals surface area (Å²) in [5.41, 5.74) is 3.92. The lowest BCUT2D eigenvalue weighted by atomic mass is 9.75. The van der Waals surface area contributed by atoms with Crippen LogP contribution in [0, 0.1) is 5.41 Å². The minimum atomic E-state index is -0.779. The van der Waals surface area contributed by atoms with Crippen LogP contribution in [-0.4, -0.2) is 66.0 Å². The lowest BCUT2D eigenvalue weighted by Crippen LogP contribution is -2.41. The highest BCUT2D eigenvalue weighted by Gasteiger charge is 2.37. The molecule has 6 rings (SSSR count). The minimum absolute atomic E-state index is 0.0378. The summed E-state index contributed by atoms with van der Waals surface area (Å²) in [5.74, 6) is 1.10. The Hall–Kier alpha value is -3.97. The zero-order chi connectivity index (χ0) is 27.1. The van der Waals surface area contributed by atoms with Crippen LogP contribution < -0.4 is 4.90 Å². The Balaban J connectivity index is 1.31. The van der Waals surface area contributed by atoms with E-state index in [0.29, 0.717) is 18.3 Å². The molecule has 39 heavy (non-hydrogen) atoms. The number of ether oxygens (including phenoxy) is 1. The topological polar surface area (TPSA) is 74.3 Å². The summed E-state index contributed by atoms with van der Waals surface area (Å²) < 4.78 is 5.75. The number of imidazole rings is 1. The van der Waals surface area contributed by atoms with Crippen molar-refractivity contribution < 1.29 is 9.53 Å². The van der Waals surface area contributed by atoms with Crippen molar-refractivity contribution in [3.63, 3.8) is 0 Å². The van der Waals surface area contributed by atoms with Crippen LogP contribution in [0.2, 0.25) is 0 Å². The van der Waals surface area contributed by atoms with Crippen LogP contribution >= 0.6 is 0 Å². The number of pyridine rings is 1. The summed E-state index contributed by atoms with van der Waals surface area (Å²) >= 11 is 0. The number of hydrogen-bond acceptors (Lipinski definition) is 6. The number of fused-ring (bicyclic) bond motifs is 2. The number of carbonyl (C=O) groups is 1. The summed E-state index contributed by atoms with van der Waals surface area (Å²) in [5, 5.41) is 2.12. The molecule has 1 atom stereocenters. The molecule has 2 aromatic heterocycles. The van der Waals surface area contributed by atoms with Crippen molar-refractivity contribution in [2.45, 2.75) is 32.2 Å². The molecule has 0 bridgehead atoms. The number of hydrogen-bond donors (Lipinski definition) is 1. The van der Waals surface area contributed by atoms with Gasteiger partial charge in [-0.1, -0.05) is 30.3 Å². The van der Waals surface area contributed by atoms with Gasteiger partial charge in [0.1, 0.15) is 5.76 Å². The van der Waals surface area contributed by atoms with E-state index in [1.807, 2.05) is 55.7 Å². The summed E-state index contributed by atoms with van der Waals surface area (Å²) in [4.78, 5) is 31.2. The number of anilines is 1. The molecule has 1 unspecified atom stereocenters. The van der Waals surface area contributed by atoms with Gasteiger partial charge in [-0.3, -0.25) is 9.78 Å². The van der Waals surface area contributed by atoms with E-state index in [1.54, 1.807) is 7.11 Å². The summed E-state index contributed by atoms with van der Waals surface area (Å²) in [6.45, 7) is 4.03. The molecule has 2 aromatic carbocycles. The fourth-order valence-corrected chi connectivity index (χ4v) is 5.97. The number of nitrogens with one attached hydrogen (secondary N) is 1. The molecule has 7 heteroatoms. The molecule has 4 aromatic rings. The zero-order valence-electron chi connectivity index (χ0n) is 23.1. The number of piperidine rings is 1. The number of H-pyrrole nitrogens is 1. The van der Waals surface area contributed by atoms with Crippen molar-refractivity contribution in [2.24, 2.45) is 5.41 Å². The van der Waals surface area contributed by atoms with Crippen LogP contribution in [0.5, 0.6) is 0 Å². The number of aromatic amines is 1. The second-order valence-electron chi connectivity index (χ2n) is 11.2. The van der Waals surface area contributed by atoms with Gasteiger partial charge in [-0.2, -0.15) is 0 Å². The Bertz CT molecular complexity index is 1600. The maximum Gasteiger partial charge on any atom is 0.208 e. The van der Waals surface area contributed by atoms with Gasteiger partial charge in [0.2, 0.25) is 5.78 Å². The number of carbonyl (C=O) groups excluding carboxylic acids is 1. The van der Waals surface area contributed by atoms with Gasteiger partial charge in [-0.05, 0) is 69.9 Å². The van der Waals surface area contributed by atoms with Gasteiger partial charge >= 0.3 is 0 Å². The monoisotopic (exact) mass is 521 g/mol. The van der Waals surface area contributed by atoms with Crippen molar-refractivity contribution in [1.29, 1.82) is 0 Å². The Morgan fingerprint density at radius 2 is 1.92 bits per heavy atom. The van der Waals surface area contributed by atoms with Gasteiger partial charge in [0.25, 0.3) is 0 Å². The molecule has 1 aliphatic heterocycles. The SMILES string of the molecule is COC1=CCC(C)(C(=O)c2nc3ccc(N4CCC(N(C)C)CC4)cc3[nH]2)C=C1c1cncc2ccccc12. The molecule has 1 fully saturated rings. The lowest BCUT2D eigenvalue weighted by molar-refractivity contribution is 0.0859. The minimum Gasteiger partial charge on any atom is -0.496 e. The highest BCUT2D eigenvalue weighted by atomic mass is 16.5. The van der Waals surface area contributed by atoms with Crippen LogP contribution in [0.15, 0.2) is 72.8 Å². The van der Waals surface area contributed by atoms with Gasteiger partial charge in [-0.15, -0.1) is 0 Å². The van der Waals surface area contributed by atoms with Crippen molar-refractivity contribution >= 4 is 38.8 Å². The maximum atomic E-state index is 14.0. The van der Waals surface area contributed by atoms with E-state index in [0.717, 1.165) is 64.6 Å². The molecule has 0 radical (unpaired) electrons. The summed E-state index contributed by atoms with van der Waals surface area (Å²) in [6, 6.07) is 15.0. The third-order valence-electron chi connectivity index (χ3n) is 8.38. The van der Waals surface area contributed by atoms with E-state index in [-0.39, 0.29) is 5.78 Å². The van der Waals surface area contributed by atoms with E-state index < -0.39 is 5.41 Å². The van der Waals surface area contributed by atoms with Crippen molar-refractivity contribution in [1.82, 2.24) is 19.9 Å². The largest absolute Gasteiger partial charge is 0.496 e. The first-order valence-electron chi connectivity index (χ1n) is 13.6. The first-order chi connectivity index (χ1) is 18.9. The molecular weight excluding hydrogens is 486 g/mol. The average Bonchev–Trinajstić information content (AvgIpc) is 3.40. The van der Waals surface area contributed by atoms with Gasteiger partial charge < -0.3 is 19.5 Å². The number of nitrogens with zero attached hydrogens (tertiary/aromatic N) is 4. The van der Waals surface area contributed by atoms with Gasteiger partial charge in [-0.25, -0.2) is 4.98 Å². The van der Waals surface area contributed by atoms with E-state index in [4.69, 9.17) is 9.72 Å². The van der Waals surface area contributed by atoms with Crippen LogP contribution in [0.4, 0.5) is 5.69 Å². The number of Topliss-reactive ketones (excluding diaryl/α,β-unsaturated/α-hetero) is 1. The molecular formula is C32H35N5O2. The van der Waals surface area contributed by atoms with Crippen LogP contribution in [0.3, 0.4) is 0 Å². The zero-order valence-corrected chi connectivity index (χ0v) is 23.1. The first-order valence-corrected chi connectivity index (χ1v) is 13.6. The van der Waals surface area contributed by atoms with E-state index in [9.17, 15) is 4.79 Å². The van der Waals surface area contributed by atoms with Crippen molar-refractivity contribution in [3.05, 3.63) is 84.2 Å². The Morgan fingerprint density at radius 3 is 2.69 bits per heavy atom. The molecule has 1 saturated heterocycles. The highest BCUT2D eigenvalue weighted by molar-refractivity contribution is 6.04. The van der Waals surface area contributed by atoms with E-state index in [2.05, 4.69) is 52.1 Å². The normalized spacial score (nSPS) is 20.4. The molecule has 0 amide bonds. The molecule has 0 spiro atoms. The maximum absolute atomic E-state index is 14.0. The summed E-state index contributed by atoms with van der Waals surface area (Å²) in [6.07, 6.45) is 10.6. The van der Waals surface area contributed by atoms with Crippen LogP contribution in [-0.2, 0) is 4.74 Å².